The van der Waals surface area contributed by atoms with Crippen LogP contribution in [0.2, 0.25) is 0 Å². The molecule has 0 bridgehead atoms. The van der Waals surface area contributed by atoms with Crippen molar-refractivity contribution in [2.75, 3.05) is 53.4 Å². The number of fused-ring (bicyclic) bond motifs is 11. The molecule has 16 nitrogen and oxygen atoms in total. The zero-order chi connectivity index (χ0) is 85.5. The number of hydrogen-bond donors (Lipinski definition) is 3. The molecule has 114 heavy (non-hydrogen) atoms. The minimum Gasteiger partial charge on any atom is -0.456 e. The summed E-state index contributed by atoms with van der Waals surface area (Å²) in [6.45, 7) is 51.9. The molecule has 18 rings (SSSR count). The molecule has 0 spiro atoms. The van der Waals surface area contributed by atoms with E-state index in [1.165, 1.54) is 179 Å². The number of aromatic amines is 2. The highest BCUT2D eigenvalue weighted by atomic mass is 32.1. The highest BCUT2D eigenvalue weighted by molar-refractivity contribution is 7.26. The minimum absolute atomic E-state index is 0.000556. The molecule has 10 heterocycles. The third-order valence-corrected chi connectivity index (χ3v) is 19.2. The van der Waals surface area contributed by atoms with Crippen LogP contribution >= 0.6 is 22.7 Å². The van der Waals surface area contributed by atoms with E-state index in [4.69, 9.17) is 4.42 Å². The predicted octanol–water partition coefficient (Wildman–Crippen LogP) is 24.7. The highest BCUT2D eigenvalue weighted by Crippen LogP contribution is 2.35. The van der Waals surface area contributed by atoms with Gasteiger partial charge in [0.05, 0.1) is 41.6 Å². The number of furan rings is 1. The maximum absolute atomic E-state index is 11.5. The number of aryl methyl sites for hydroxylation is 9. The predicted molar refractivity (Wildman–Crippen MR) is 504 cm³/mol. The lowest BCUT2D eigenvalue weighted by Crippen LogP contribution is -2.40. The van der Waals surface area contributed by atoms with Gasteiger partial charge in [-0.15, -0.1) is 22.7 Å². The second-order valence-corrected chi connectivity index (χ2v) is 26.4. The first kappa shape index (κ1) is 102. The molecule has 3 N–H and O–H groups in total. The van der Waals surface area contributed by atoms with Gasteiger partial charge in [0.15, 0.2) is 5.65 Å². The van der Waals surface area contributed by atoms with Crippen molar-refractivity contribution in [3.8, 4) is 0 Å². The molecule has 2 aliphatic heterocycles. The second-order valence-electron chi connectivity index (χ2n) is 24.5. The lowest BCUT2D eigenvalue weighted by Gasteiger charge is -2.21. The number of benzene rings is 7. The van der Waals surface area contributed by atoms with E-state index in [0.717, 1.165) is 40.0 Å². The fourth-order valence-electron chi connectivity index (χ4n) is 11.5. The van der Waals surface area contributed by atoms with Gasteiger partial charge in [-0.05, 0) is 175 Å². The average Bonchev–Trinajstić information content (AvgIpc) is 1.58. The Balaban J connectivity index is 0.000000629. The number of thiophene rings is 2. The number of piperazine rings is 1. The van der Waals surface area contributed by atoms with Crippen LogP contribution in [0.3, 0.4) is 0 Å². The summed E-state index contributed by atoms with van der Waals surface area (Å²) in [4.78, 5) is 54.0. The van der Waals surface area contributed by atoms with Gasteiger partial charge in [-0.25, -0.2) is 15.0 Å². The molecule has 15 aromatic rings. The van der Waals surface area contributed by atoms with Crippen molar-refractivity contribution in [3.05, 3.63) is 259 Å². The van der Waals surface area contributed by atoms with Crippen molar-refractivity contribution in [2.45, 2.75) is 191 Å². The molecule has 0 atom stereocenters. The number of nitrogens with zero attached hydrogens (tertiary/aromatic N) is 9. The van der Waals surface area contributed by atoms with Crippen molar-refractivity contribution in [1.82, 2.24) is 59.0 Å². The van der Waals surface area contributed by atoms with Gasteiger partial charge >= 0.3 is 0 Å². The summed E-state index contributed by atoms with van der Waals surface area (Å²) in [6.07, 6.45) is 16.2. The van der Waals surface area contributed by atoms with Crippen LogP contribution < -0.4 is 22.0 Å². The number of para-hydroxylation sites is 3. The minimum atomic E-state index is -0.0799. The fourth-order valence-corrected chi connectivity index (χ4v) is 13.5. The Labute approximate surface area is 691 Å². The summed E-state index contributed by atoms with van der Waals surface area (Å²) in [5.74, 6) is 0. The quantitative estimate of drug-likeness (QED) is 0.131. The monoisotopic (exact) mass is 1590 g/mol. The van der Waals surface area contributed by atoms with Crippen LogP contribution in [0, 0.1) is 27.7 Å². The Bertz CT molecular complexity index is 5000. The third kappa shape index (κ3) is 32.3. The van der Waals surface area contributed by atoms with E-state index >= 15 is 0 Å². The summed E-state index contributed by atoms with van der Waals surface area (Å²) < 4.78 is 13.7. The van der Waals surface area contributed by atoms with Gasteiger partial charge in [0.1, 0.15) is 21.3 Å². The van der Waals surface area contributed by atoms with Crippen molar-refractivity contribution in [3.63, 3.8) is 0 Å². The van der Waals surface area contributed by atoms with Gasteiger partial charge in [-0.2, -0.15) is 5.10 Å². The summed E-state index contributed by atoms with van der Waals surface area (Å²) >= 11 is 3.32. The lowest BCUT2D eigenvalue weighted by atomic mass is 9.91. The van der Waals surface area contributed by atoms with E-state index in [-0.39, 0.29) is 16.7 Å². The summed E-state index contributed by atoms with van der Waals surface area (Å²) in [5.41, 5.74) is 13.7. The molecule has 18 heteroatoms. The molecule has 2 fully saturated rings. The van der Waals surface area contributed by atoms with E-state index in [2.05, 4.69) is 196 Å². The van der Waals surface area contributed by atoms with Crippen LogP contribution in [-0.4, -0.2) is 107 Å². The Morgan fingerprint density at radius 3 is 1.54 bits per heavy atom. The maximum Gasteiger partial charge on any atom is 0.271 e. The molecule has 2 saturated heterocycles. The Kier molecular flexibility index (Phi) is 53.8. The van der Waals surface area contributed by atoms with Gasteiger partial charge in [-0.3, -0.25) is 19.5 Å². The molecule has 1 aliphatic carbocycles. The van der Waals surface area contributed by atoms with Crippen LogP contribution in [0.4, 0.5) is 0 Å². The van der Waals surface area contributed by atoms with Crippen LogP contribution in [0.5, 0.6) is 0 Å². The molecular weight excluding hydrogens is 1450 g/mol. The third-order valence-electron chi connectivity index (χ3n) is 17.0. The van der Waals surface area contributed by atoms with Crippen molar-refractivity contribution >= 4 is 108 Å². The largest absolute Gasteiger partial charge is 0.456 e. The van der Waals surface area contributed by atoms with Gasteiger partial charge in [0.2, 0.25) is 0 Å². The summed E-state index contributed by atoms with van der Waals surface area (Å²) in [5, 5.41) is 19.1. The normalized spacial score (nSPS) is 11.7. The highest BCUT2D eigenvalue weighted by Gasteiger charge is 2.11. The first-order chi connectivity index (χ1) is 55.6. The average molecular weight is 1590 g/mol. The molecule has 0 saturated carbocycles. The molecule has 7 aromatic carbocycles. The maximum atomic E-state index is 11.5. The standard InChI is InChI=1S/C13H10O.C13H10S.C11H14.C9H8N2O.C9H9N.C7H6N2OS.C6H6N4O.C5H12N2.C5H11N.9C2H6/c2*1-9-5-4-7-11-10-6-2-3-8-12(10)14-13(9)11;1-9-6-7-10-4-2-3-5-11(10)8-9;1-11-6-10-8-5-3-2-4-7(8)9(11)12;1-7-2-3-9-8(6-7)4-5-10-9;1-9-4-8-5-2-3-11-6(5)7(9)10;1-10-3-7-5-4(6(10)11)2-8-9-5;1-7-4-2-6-3-5-7;1-6-4-2-3-5-6;9*1-2/h2*2-8H,1H3;6-8H,2-5H2,1H3;2-6H,1H3;2-6,10H,1H3;2-4H,1H3;2-3H,1H3,(H,8,9);6H,2-5H2,1H3;2-5H2,1H3;9*1-2H3. The van der Waals surface area contributed by atoms with Crippen LogP contribution in [-0.2, 0) is 34.0 Å². The number of likely N-dealkylation sites (N-methyl/N-ethyl adjacent to an activating group) is 1. The zero-order valence-corrected chi connectivity index (χ0v) is 76.1. The zero-order valence-electron chi connectivity index (χ0n) is 74.4. The number of hydrogen-bond acceptors (Lipinski definition) is 13. The Morgan fingerprint density at radius 1 is 0.421 bits per heavy atom. The fraction of sp³-hybridized carbons (Fsp3) is 0.406. The first-order valence-electron chi connectivity index (χ1n) is 41.7. The number of likely N-dealkylation sites (tertiary alicyclic amines) is 1. The number of rotatable bonds is 0. The van der Waals surface area contributed by atoms with Crippen molar-refractivity contribution in [2.24, 2.45) is 21.1 Å². The van der Waals surface area contributed by atoms with Crippen molar-refractivity contribution < 1.29 is 4.42 Å². The molecule has 3 aliphatic rings. The number of aromatic nitrogens is 9. The molecule has 0 unspecified atom stereocenters. The van der Waals surface area contributed by atoms with E-state index in [1.54, 1.807) is 38.3 Å². The second kappa shape index (κ2) is 59.9. The van der Waals surface area contributed by atoms with E-state index in [9.17, 15) is 14.4 Å². The van der Waals surface area contributed by atoms with Gasteiger partial charge < -0.3 is 38.2 Å². The van der Waals surface area contributed by atoms with Crippen LogP contribution in [0.15, 0.2) is 213 Å². The first-order valence-corrected chi connectivity index (χ1v) is 43.4. The topological polar surface area (TPSA) is 181 Å². The number of H-pyrrole nitrogens is 2. The summed E-state index contributed by atoms with van der Waals surface area (Å²) in [6, 6.07) is 54.0. The van der Waals surface area contributed by atoms with E-state index < -0.39 is 0 Å². The molecule has 0 amide bonds. The lowest BCUT2D eigenvalue weighted by molar-refractivity contribution is 0.291. The molecular formula is C96H140N12O4S2. The van der Waals surface area contributed by atoms with Crippen LogP contribution in [0.25, 0.3) is 85.2 Å². The number of nitrogens with one attached hydrogen (secondary N) is 3. The van der Waals surface area contributed by atoms with E-state index in [0.29, 0.717) is 16.4 Å². The molecule has 0 radical (unpaired) electrons. The van der Waals surface area contributed by atoms with Gasteiger partial charge in [0, 0.05) is 90.0 Å². The van der Waals surface area contributed by atoms with Crippen LogP contribution in [0.1, 0.15) is 184 Å². The SMILES string of the molecule is CC.CC.CC.CC.CC.CC.CC.CC.CC.CN1CCCC1.CN1CCNCC1.Cc1ccc2[nH]ccc2c1.Cc1ccc2c(c1)CCCC2.Cc1cccc2c1oc1ccccc12.Cc1cccc2c1sc1ccccc12.Cn1cnc2[nH]ncc2c1=O.Cn1cnc2ccccc2c1=O.Cn1cnc2ccsc2c1=O. The van der Waals surface area contributed by atoms with Crippen molar-refractivity contribution in [1.29, 1.82) is 0 Å². The molecule has 620 valence electrons. The Morgan fingerprint density at radius 2 is 0.930 bits per heavy atom. The van der Waals surface area contributed by atoms with Gasteiger partial charge in [-0.1, -0.05) is 245 Å². The van der Waals surface area contributed by atoms with Gasteiger partial charge in [0.25, 0.3) is 16.7 Å². The Hall–Kier alpha value is -9.69. The molecule has 8 aromatic heterocycles. The smallest absolute Gasteiger partial charge is 0.271 e. The van der Waals surface area contributed by atoms with E-state index in [1.807, 2.05) is 190 Å². The summed E-state index contributed by atoms with van der Waals surface area (Å²) in [7, 11) is 9.38.